The summed E-state index contributed by atoms with van der Waals surface area (Å²) in [7, 11) is 3.03. The van der Waals surface area contributed by atoms with Crippen molar-refractivity contribution in [2.45, 2.75) is 26.8 Å². The molecule has 0 bridgehead atoms. The maximum absolute atomic E-state index is 11.8. The first kappa shape index (κ1) is 20.7. The van der Waals surface area contributed by atoms with Crippen LogP contribution in [0.4, 0.5) is 11.6 Å². The van der Waals surface area contributed by atoms with Gasteiger partial charge in [0.05, 0.1) is 42.4 Å². The topological polar surface area (TPSA) is 111 Å². The van der Waals surface area contributed by atoms with Crippen LogP contribution < -0.4 is 14.8 Å². The summed E-state index contributed by atoms with van der Waals surface area (Å²) < 4.78 is 12.3. The first-order valence-electron chi connectivity index (χ1n) is 8.94. The van der Waals surface area contributed by atoms with E-state index in [2.05, 4.69) is 20.3 Å². The van der Waals surface area contributed by atoms with Gasteiger partial charge >= 0.3 is 12.0 Å². The molecule has 2 aromatic heterocycles. The smallest absolute Gasteiger partial charge is 0.337 e. The number of ether oxygens (including phenoxy) is 2. The van der Waals surface area contributed by atoms with Crippen molar-refractivity contribution in [3.8, 4) is 11.8 Å². The molecule has 0 saturated heterocycles. The van der Waals surface area contributed by atoms with Crippen LogP contribution in [0.3, 0.4) is 0 Å². The molecule has 2 heterocycles. The number of benzene rings is 1. The number of carbonyl (C=O) groups is 1. The van der Waals surface area contributed by atoms with E-state index in [1.807, 2.05) is 13.8 Å². The van der Waals surface area contributed by atoms with Crippen LogP contribution in [0.2, 0.25) is 0 Å². The third kappa shape index (κ3) is 3.91. The Bertz CT molecular complexity index is 1040. The van der Waals surface area contributed by atoms with Gasteiger partial charge in [-0.1, -0.05) is 0 Å². The van der Waals surface area contributed by atoms with Gasteiger partial charge in [0.1, 0.15) is 11.3 Å². The van der Waals surface area contributed by atoms with Gasteiger partial charge in [-0.05, 0) is 32.4 Å². The molecule has 0 aliphatic heterocycles. The Labute approximate surface area is 172 Å². The third-order valence-corrected chi connectivity index (χ3v) is 4.76. The summed E-state index contributed by atoms with van der Waals surface area (Å²) in [6.07, 6.45) is 0.634. The minimum absolute atomic E-state index is 0.135. The number of aromatic nitrogens is 4. The Morgan fingerprint density at radius 2 is 1.86 bits per heavy atom. The second-order valence-corrected chi connectivity index (χ2v) is 6.71. The number of rotatable bonds is 8. The Kier molecular flexibility index (Phi) is 6.07. The first-order chi connectivity index (χ1) is 13.9. The average molecular weight is 420 g/mol. The van der Waals surface area contributed by atoms with Crippen LogP contribution in [0.15, 0.2) is 12.1 Å². The molecule has 0 spiro atoms. The summed E-state index contributed by atoms with van der Waals surface area (Å²) in [6.45, 7) is 4.13. The lowest BCUT2D eigenvalue weighted by Crippen LogP contribution is -2.10. The standard InChI is InChI=1S/C19H22ClN5O4/c1-10-14(11(2)22-19(21-10)29-4)23-18-24-15-13(28-3)7-6-12(17(26)27)16(15)25(18)9-5-8-20/h6-7H,5,8-9H2,1-4H3,(H,23,24)(H,26,27). The highest BCUT2D eigenvalue weighted by Gasteiger charge is 2.22. The summed E-state index contributed by atoms with van der Waals surface area (Å²) in [5.74, 6) is 0.320. The zero-order valence-corrected chi connectivity index (χ0v) is 17.4. The molecule has 10 heteroatoms. The number of anilines is 2. The molecule has 1 aromatic carbocycles. The molecule has 0 aliphatic rings. The number of hydrogen-bond acceptors (Lipinski definition) is 7. The Morgan fingerprint density at radius 1 is 1.17 bits per heavy atom. The molecule has 9 nitrogen and oxygen atoms in total. The minimum atomic E-state index is -1.05. The van der Waals surface area contributed by atoms with E-state index < -0.39 is 5.97 Å². The van der Waals surface area contributed by atoms with Crippen LogP contribution >= 0.6 is 11.6 Å². The van der Waals surface area contributed by atoms with E-state index in [-0.39, 0.29) is 11.6 Å². The summed E-state index contributed by atoms with van der Waals surface area (Å²) >= 11 is 5.90. The van der Waals surface area contributed by atoms with E-state index in [0.29, 0.717) is 58.7 Å². The Hall–Kier alpha value is -3.07. The maximum atomic E-state index is 11.8. The summed E-state index contributed by atoms with van der Waals surface area (Å²) in [4.78, 5) is 25.1. The number of carboxylic acids is 1. The largest absolute Gasteiger partial charge is 0.494 e. The van der Waals surface area contributed by atoms with Crippen LogP contribution in [0.1, 0.15) is 28.2 Å². The lowest BCUT2D eigenvalue weighted by atomic mass is 10.1. The number of fused-ring (bicyclic) bond motifs is 1. The van der Waals surface area contributed by atoms with E-state index in [0.717, 1.165) is 0 Å². The van der Waals surface area contributed by atoms with Crippen molar-refractivity contribution in [1.82, 2.24) is 19.5 Å². The van der Waals surface area contributed by atoms with Gasteiger partial charge in [0.2, 0.25) is 5.95 Å². The third-order valence-electron chi connectivity index (χ3n) is 4.49. The number of alkyl halides is 1. The summed E-state index contributed by atoms with van der Waals surface area (Å²) in [6, 6.07) is 3.39. The number of methoxy groups -OCH3 is 2. The molecule has 0 saturated carbocycles. The van der Waals surface area contributed by atoms with Crippen molar-refractivity contribution in [2.75, 3.05) is 25.4 Å². The molecule has 0 amide bonds. The maximum Gasteiger partial charge on any atom is 0.337 e. The molecule has 0 fully saturated rings. The van der Waals surface area contributed by atoms with Gasteiger partial charge in [0.15, 0.2) is 0 Å². The fourth-order valence-electron chi connectivity index (χ4n) is 3.15. The van der Waals surface area contributed by atoms with Gasteiger partial charge in [-0.15, -0.1) is 11.6 Å². The highest BCUT2D eigenvalue weighted by Crippen LogP contribution is 2.33. The molecular weight excluding hydrogens is 398 g/mol. The van der Waals surface area contributed by atoms with Gasteiger partial charge in [-0.2, -0.15) is 9.97 Å². The van der Waals surface area contributed by atoms with Crippen LogP contribution in [-0.4, -0.2) is 50.7 Å². The number of carboxylic acid groups (broad SMARTS) is 1. The lowest BCUT2D eigenvalue weighted by Gasteiger charge is -2.14. The predicted octanol–water partition coefficient (Wildman–Crippen LogP) is 3.53. The molecule has 0 aliphatic carbocycles. The molecule has 154 valence electrons. The van der Waals surface area contributed by atoms with Crippen molar-refractivity contribution in [1.29, 1.82) is 0 Å². The van der Waals surface area contributed by atoms with Crippen LogP contribution in [-0.2, 0) is 6.54 Å². The van der Waals surface area contributed by atoms with E-state index in [9.17, 15) is 9.90 Å². The van der Waals surface area contributed by atoms with Gasteiger partial charge < -0.3 is 24.5 Å². The zero-order valence-electron chi connectivity index (χ0n) is 16.6. The molecule has 3 aromatic rings. The number of aryl methyl sites for hydroxylation is 3. The van der Waals surface area contributed by atoms with E-state index in [4.69, 9.17) is 21.1 Å². The van der Waals surface area contributed by atoms with Crippen LogP contribution in [0.25, 0.3) is 11.0 Å². The lowest BCUT2D eigenvalue weighted by molar-refractivity contribution is 0.0698. The average Bonchev–Trinajstić information content (AvgIpc) is 3.05. The van der Waals surface area contributed by atoms with E-state index >= 15 is 0 Å². The highest BCUT2D eigenvalue weighted by molar-refractivity contribution is 6.17. The second-order valence-electron chi connectivity index (χ2n) is 6.33. The van der Waals surface area contributed by atoms with Crippen molar-refractivity contribution in [3.63, 3.8) is 0 Å². The fraction of sp³-hybridized carbons (Fsp3) is 0.368. The highest BCUT2D eigenvalue weighted by atomic mass is 35.5. The molecule has 3 rings (SSSR count). The monoisotopic (exact) mass is 419 g/mol. The van der Waals surface area contributed by atoms with Crippen LogP contribution in [0.5, 0.6) is 11.8 Å². The van der Waals surface area contributed by atoms with Crippen LogP contribution in [0, 0.1) is 13.8 Å². The van der Waals surface area contributed by atoms with Crippen molar-refractivity contribution < 1.29 is 19.4 Å². The predicted molar refractivity (Wildman–Crippen MR) is 110 cm³/mol. The SMILES string of the molecule is COc1nc(C)c(Nc2nc3c(OC)ccc(C(=O)O)c3n2CCCCl)c(C)n1. The molecule has 2 N–H and O–H groups in total. The number of nitrogens with one attached hydrogen (secondary N) is 1. The molecule has 0 radical (unpaired) electrons. The summed E-state index contributed by atoms with van der Waals surface area (Å²) in [5.41, 5.74) is 3.08. The summed E-state index contributed by atoms with van der Waals surface area (Å²) in [5, 5.41) is 12.9. The second kappa shape index (κ2) is 8.52. The Morgan fingerprint density at radius 3 is 2.41 bits per heavy atom. The fourth-order valence-corrected chi connectivity index (χ4v) is 3.27. The molecule has 29 heavy (non-hydrogen) atoms. The molecular formula is C19H22ClN5O4. The first-order valence-corrected chi connectivity index (χ1v) is 9.47. The van der Waals surface area contributed by atoms with Crippen molar-refractivity contribution >= 4 is 40.2 Å². The van der Waals surface area contributed by atoms with Crippen molar-refractivity contribution in [2.24, 2.45) is 0 Å². The van der Waals surface area contributed by atoms with Crippen molar-refractivity contribution in [3.05, 3.63) is 29.1 Å². The van der Waals surface area contributed by atoms with Gasteiger partial charge in [0, 0.05) is 12.4 Å². The molecule has 0 atom stereocenters. The number of aromatic carboxylic acids is 1. The number of nitrogens with zero attached hydrogens (tertiary/aromatic N) is 4. The quantitative estimate of drug-likeness (QED) is 0.533. The Balaban J connectivity index is 2.22. The number of halogens is 1. The number of imidazole rings is 1. The number of hydrogen-bond donors (Lipinski definition) is 2. The molecule has 0 unspecified atom stereocenters. The van der Waals surface area contributed by atoms with E-state index in [1.54, 1.807) is 10.6 Å². The minimum Gasteiger partial charge on any atom is -0.494 e. The van der Waals surface area contributed by atoms with Gasteiger partial charge in [-0.25, -0.2) is 9.78 Å². The van der Waals surface area contributed by atoms with Gasteiger partial charge in [-0.3, -0.25) is 0 Å². The van der Waals surface area contributed by atoms with Gasteiger partial charge in [0.25, 0.3) is 0 Å². The van der Waals surface area contributed by atoms with E-state index in [1.165, 1.54) is 20.3 Å². The zero-order chi connectivity index (χ0) is 21.1. The normalized spacial score (nSPS) is 10.9.